The van der Waals surface area contributed by atoms with Crippen LogP contribution in [0, 0.1) is 5.41 Å². The molecule has 0 heterocycles. The van der Waals surface area contributed by atoms with E-state index in [1.807, 2.05) is 13.0 Å². The van der Waals surface area contributed by atoms with Gasteiger partial charge in [0.05, 0.1) is 4.90 Å². The third-order valence-corrected chi connectivity index (χ3v) is 6.24. The van der Waals surface area contributed by atoms with Gasteiger partial charge in [-0.3, -0.25) is 0 Å². The minimum atomic E-state index is -3.45. The summed E-state index contributed by atoms with van der Waals surface area (Å²) in [4.78, 5) is 0.314. The first-order valence-corrected chi connectivity index (χ1v) is 9.26. The van der Waals surface area contributed by atoms with Gasteiger partial charge in [-0.15, -0.1) is 0 Å². The molecule has 1 aromatic carbocycles. The molecule has 0 bridgehead atoms. The van der Waals surface area contributed by atoms with Gasteiger partial charge in [-0.2, -0.15) is 0 Å². The van der Waals surface area contributed by atoms with Gasteiger partial charge in [-0.1, -0.05) is 32.4 Å². The maximum Gasteiger partial charge on any atom is 0.240 e. The highest BCUT2D eigenvalue weighted by Crippen LogP contribution is 2.43. The first kappa shape index (κ1) is 16.5. The monoisotopic (exact) mass is 310 g/mol. The van der Waals surface area contributed by atoms with Gasteiger partial charge < -0.3 is 5.73 Å². The number of nitrogens with two attached hydrogens (primary N) is 1. The van der Waals surface area contributed by atoms with E-state index < -0.39 is 10.0 Å². The van der Waals surface area contributed by atoms with Gasteiger partial charge in [0, 0.05) is 12.6 Å². The fraction of sp³-hybridized carbons (Fsp3) is 0.625. The quantitative estimate of drug-likeness (QED) is 0.813. The third-order valence-electron chi connectivity index (χ3n) is 4.84. The first-order chi connectivity index (χ1) is 9.92. The lowest BCUT2D eigenvalue weighted by molar-refractivity contribution is 0.133. The van der Waals surface area contributed by atoms with Crippen LogP contribution in [0.15, 0.2) is 29.2 Å². The lowest BCUT2D eigenvalue weighted by atomic mass is 9.67. The molecule has 118 valence electrons. The second-order valence-electron chi connectivity index (χ2n) is 6.12. The summed E-state index contributed by atoms with van der Waals surface area (Å²) in [5.74, 6) is 0. The summed E-state index contributed by atoms with van der Waals surface area (Å²) in [6.07, 6.45) is 5.25. The van der Waals surface area contributed by atoms with E-state index in [-0.39, 0.29) is 11.5 Å². The Hall–Kier alpha value is -0.910. The Morgan fingerprint density at radius 3 is 2.57 bits per heavy atom. The minimum Gasteiger partial charge on any atom is -0.324 e. The number of rotatable bonds is 7. The van der Waals surface area contributed by atoms with E-state index in [0.29, 0.717) is 11.4 Å². The first-order valence-electron chi connectivity index (χ1n) is 7.78. The summed E-state index contributed by atoms with van der Waals surface area (Å²) < 4.78 is 27.7. The lowest BCUT2D eigenvalue weighted by Crippen LogP contribution is -2.41. The van der Waals surface area contributed by atoms with Gasteiger partial charge in [0.15, 0.2) is 0 Å². The predicted molar refractivity (Wildman–Crippen MR) is 85.4 cm³/mol. The molecule has 1 aromatic rings. The summed E-state index contributed by atoms with van der Waals surface area (Å²) in [5, 5.41) is 0. The molecule has 5 heteroatoms. The maximum atomic E-state index is 12.4. The molecule has 1 saturated carbocycles. The van der Waals surface area contributed by atoms with Crippen LogP contribution in [0.3, 0.4) is 0 Å². The van der Waals surface area contributed by atoms with Crippen molar-refractivity contribution >= 4 is 10.0 Å². The Labute approximate surface area is 128 Å². The van der Waals surface area contributed by atoms with Crippen LogP contribution in [0.5, 0.6) is 0 Å². The van der Waals surface area contributed by atoms with Crippen LogP contribution in [-0.2, 0) is 10.0 Å². The van der Waals surface area contributed by atoms with Crippen LogP contribution in [0.25, 0.3) is 0 Å². The molecular weight excluding hydrogens is 284 g/mol. The van der Waals surface area contributed by atoms with Gasteiger partial charge in [0.25, 0.3) is 0 Å². The number of hydrogen-bond acceptors (Lipinski definition) is 3. The van der Waals surface area contributed by atoms with Crippen LogP contribution in [0.4, 0.5) is 0 Å². The van der Waals surface area contributed by atoms with Gasteiger partial charge in [0.2, 0.25) is 10.0 Å². The van der Waals surface area contributed by atoms with Crippen molar-refractivity contribution in [3.8, 4) is 0 Å². The van der Waals surface area contributed by atoms with E-state index >= 15 is 0 Å². The highest BCUT2D eigenvalue weighted by Gasteiger charge is 2.36. The molecule has 0 spiro atoms. The summed E-state index contributed by atoms with van der Waals surface area (Å²) in [6.45, 7) is 4.66. The van der Waals surface area contributed by atoms with Gasteiger partial charge in [-0.05, 0) is 48.8 Å². The molecular formula is C16H26N2O2S. The van der Waals surface area contributed by atoms with E-state index in [2.05, 4.69) is 11.6 Å². The van der Waals surface area contributed by atoms with Crippen molar-refractivity contribution in [3.63, 3.8) is 0 Å². The van der Waals surface area contributed by atoms with Crippen LogP contribution in [-0.4, -0.2) is 15.0 Å². The molecule has 3 N–H and O–H groups in total. The van der Waals surface area contributed by atoms with Crippen LogP contribution in [0.1, 0.15) is 57.6 Å². The number of sulfonamides is 1. The molecule has 1 unspecified atom stereocenters. The molecule has 0 radical (unpaired) electrons. The van der Waals surface area contributed by atoms with E-state index in [1.54, 1.807) is 18.2 Å². The number of benzene rings is 1. The Kier molecular flexibility index (Phi) is 5.07. The normalized spacial score (nSPS) is 19.0. The van der Waals surface area contributed by atoms with E-state index in [0.717, 1.165) is 31.2 Å². The zero-order chi connectivity index (χ0) is 15.5. The van der Waals surface area contributed by atoms with Crippen LogP contribution in [0.2, 0.25) is 0 Å². The molecule has 0 amide bonds. The predicted octanol–water partition coefficient (Wildman–Crippen LogP) is 2.96. The van der Waals surface area contributed by atoms with Gasteiger partial charge in [-0.25, -0.2) is 13.1 Å². The van der Waals surface area contributed by atoms with Crippen molar-refractivity contribution in [1.82, 2.24) is 4.72 Å². The molecule has 0 saturated heterocycles. The summed E-state index contributed by atoms with van der Waals surface area (Å²) in [6, 6.07) is 6.85. The fourth-order valence-corrected chi connectivity index (χ4v) is 4.02. The number of nitrogens with one attached hydrogen (secondary N) is 1. The van der Waals surface area contributed by atoms with Crippen molar-refractivity contribution in [2.24, 2.45) is 11.1 Å². The molecule has 0 aromatic heterocycles. The van der Waals surface area contributed by atoms with Crippen LogP contribution < -0.4 is 10.5 Å². The molecule has 1 atom stereocenters. The topological polar surface area (TPSA) is 72.2 Å². The van der Waals surface area contributed by atoms with Crippen molar-refractivity contribution < 1.29 is 8.42 Å². The van der Waals surface area contributed by atoms with Gasteiger partial charge >= 0.3 is 0 Å². The summed E-state index contributed by atoms with van der Waals surface area (Å²) in [7, 11) is -3.45. The Morgan fingerprint density at radius 2 is 2.05 bits per heavy atom. The average molecular weight is 310 g/mol. The minimum absolute atomic E-state index is 0.117. The third kappa shape index (κ3) is 3.65. The van der Waals surface area contributed by atoms with Crippen LogP contribution >= 0.6 is 0 Å². The summed E-state index contributed by atoms with van der Waals surface area (Å²) in [5.41, 5.74) is 7.03. The zero-order valence-electron chi connectivity index (χ0n) is 12.9. The lowest BCUT2D eigenvalue weighted by Gasteiger charge is -2.41. The zero-order valence-corrected chi connectivity index (χ0v) is 13.7. The second-order valence-corrected chi connectivity index (χ2v) is 7.89. The SMILES string of the molecule is CCC(N)c1cccc(S(=O)(=O)NCC2(CC)CCC2)c1. The van der Waals surface area contributed by atoms with E-state index in [1.165, 1.54) is 6.42 Å². The fourth-order valence-electron chi connectivity index (χ4n) is 2.81. The van der Waals surface area contributed by atoms with Crippen molar-refractivity contribution in [2.75, 3.05) is 6.54 Å². The second kappa shape index (κ2) is 6.46. The van der Waals surface area contributed by atoms with Crippen molar-refractivity contribution in [3.05, 3.63) is 29.8 Å². The molecule has 1 aliphatic carbocycles. The van der Waals surface area contributed by atoms with Crippen molar-refractivity contribution in [1.29, 1.82) is 0 Å². The Balaban J connectivity index is 2.12. The standard InChI is InChI=1S/C16H26N2O2S/c1-3-15(17)13-7-5-8-14(11-13)21(19,20)18-12-16(4-2)9-6-10-16/h5,7-8,11,15,18H,3-4,6,9-10,12,17H2,1-2H3. The highest BCUT2D eigenvalue weighted by atomic mass is 32.2. The smallest absolute Gasteiger partial charge is 0.240 e. The van der Waals surface area contributed by atoms with Crippen molar-refractivity contribution in [2.45, 2.75) is 56.9 Å². The molecule has 0 aliphatic heterocycles. The molecule has 2 rings (SSSR count). The average Bonchev–Trinajstić information content (AvgIpc) is 2.46. The van der Waals surface area contributed by atoms with E-state index in [9.17, 15) is 8.42 Å². The number of hydrogen-bond donors (Lipinski definition) is 2. The molecule has 21 heavy (non-hydrogen) atoms. The Bertz CT molecular complexity index is 574. The largest absolute Gasteiger partial charge is 0.324 e. The summed E-state index contributed by atoms with van der Waals surface area (Å²) >= 11 is 0. The molecule has 4 nitrogen and oxygen atoms in total. The van der Waals surface area contributed by atoms with Gasteiger partial charge in [0.1, 0.15) is 0 Å². The molecule has 1 fully saturated rings. The highest BCUT2D eigenvalue weighted by molar-refractivity contribution is 7.89. The Morgan fingerprint density at radius 1 is 1.33 bits per heavy atom. The molecule has 1 aliphatic rings. The van der Waals surface area contributed by atoms with E-state index in [4.69, 9.17) is 5.73 Å². The maximum absolute atomic E-state index is 12.4.